The highest BCUT2D eigenvalue weighted by atomic mass is 16.5. The van der Waals surface area contributed by atoms with Crippen molar-refractivity contribution in [2.24, 2.45) is 5.92 Å². The quantitative estimate of drug-likeness (QED) is 0.678. The number of carbonyl (C=O) groups excluding carboxylic acids is 1. The minimum Gasteiger partial charge on any atom is -0.384 e. The Morgan fingerprint density at radius 3 is 3.13 bits per heavy atom. The normalized spacial score (nSPS) is 21.3. The van der Waals surface area contributed by atoms with Gasteiger partial charge in [0.2, 0.25) is 5.91 Å². The van der Waals surface area contributed by atoms with Crippen molar-refractivity contribution in [3.63, 3.8) is 0 Å². The molecule has 1 amide bonds. The third-order valence-electron chi connectivity index (χ3n) is 2.81. The molecular weight excluding hydrogens is 192 g/mol. The van der Waals surface area contributed by atoms with E-state index >= 15 is 0 Å². The maximum atomic E-state index is 11.2. The molecule has 4 heteroatoms. The SMILES string of the molecule is COCCC(=O)NCCC1CCCNC1. The second-order valence-corrected chi connectivity index (χ2v) is 4.09. The van der Waals surface area contributed by atoms with Crippen LogP contribution in [0.5, 0.6) is 0 Å². The van der Waals surface area contributed by atoms with Crippen LogP contribution >= 0.6 is 0 Å². The van der Waals surface area contributed by atoms with Crippen LogP contribution < -0.4 is 10.6 Å². The molecule has 1 aliphatic rings. The van der Waals surface area contributed by atoms with Crippen molar-refractivity contribution in [3.05, 3.63) is 0 Å². The lowest BCUT2D eigenvalue weighted by molar-refractivity contribution is -0.122. The Balaban J connectivity index is 1.97. The van der Waals surface area contributed by atoms with Crippen LogP contribution in [0.25, 0.3) is 0 Å². The fourth-order valence-corrected chi connectivity index (χ4v) is 1.87. The maximum absolute atomic E-state index is 11.2. The van der Waals surface area contributed by atoms with Gasteiger partial charge in [-0.3, -0.25) is 4.79 Å². The van der Waals surface area contributed by atoms with E-state index in [1.807, 2.05) is 0 Å². The molecule has 1 aliphatic heterocycles. The van der Waals surface area contributed by atoms with Crippen molar-refractivity contribution in [3.8, 4) is 0 Å². The average molecular weight is 214 g/mol. The lowest BCUT2D eigenvalue weighted by Gasteiger charge is -2.22. The Morgan fingerprint density at radius 2 is 2.47 bits per heavy atom. The van der Waals surface area contributed by atoms with Gasteiger partial charge in [-0.1, -0.05) is 0 Å². The summed E-state index contributed by atoms with van der Waals surface area (Å²) < 4.78 is 4.84. The lowest BCUT2D eigenvalue weighted by atomic mass is 9.96. The molecule has 0 bridgehead atoms. The van der Waals surface area contributed by atoms with E-state index in [0.29, 0.717) is 13.0 Å². The number of hydrogen-bond acceptors (Lipinski definition) is 3. The van der Waals surface area contributed by atoms with E-state index in [9.17, 15) is 4.79 Å². The summed E-state index contributed by atoms with van der Waals surface area (Å²) in [4.78, 5) is 11.2. The average Bonchev–Trinajstić information content (AvgIpc) is 2.28. The van der Waals surface area contributed by atoms with E-state index in [1.165, 1.54) is 12.8 Å². The number of carbonyl (C=O) groups is 1. The summed E-state index contributed by atoms with van der Waals surface area (Å²) in [6, 6.07) is 0. The van der Waals surface area contributed by atoms with Crippen LogP contribution in [-0.4, -0.2) is 39.3 Å². The molecule has 1 rings (SSSR count). The number of ether oxygens (including phenoxy) is 1. The van der Waals surface area contributed by atoms with E-state index in [1.54, 1.807) is 7.11 Å². The smallest absolute Gasteiger partial charge is 0.222 e. The summed E-state index contributed by atoms with van der Waals surface area (Å²) >= 11 is 0. The molecule has 1 fully saturated rings. The maximum Gasteiger partial charge on any atom is 0.222 e. The summed E-state index contributed by atoms with van der Waals surface area (Å²) in [5, 5.41) is 6.29. The van der Waals surface area contributed by atoms with Gasteiger partial charge in [-0.2, -0.15) is 0 Å². The molecule has 4 nitrogen and oxygen atoms in total. The molecule has 88 valence electrons. The van der Waals surface area contributed by atoms with Gasteiger partial charge in [-0.15, -0.1) is 0 Å². The largest absolute Gasteiger partial charge is 0.384 e. The lowest BCUT2D eigenvalue weighted by Crippen LogP contribution is -2.33. The molecule has 0 saturated carbocycles. The molecule has 15 heavy (non-hydrogen) atoms. The summed E-state index contributed by atoms with van der Waals surface area (Å²) in [6.07, 6.45) is 4.12. The molecule has 2 N–H and O–H groups in total. The van der Waals surface area contributed by atoms with Crippen LogP contribution in [0.4, 0.5) is 0 Å². The first-order valence-electron chi connectivity index (χ1n) is 5.79. The predicted molar refractivity (Wildman–Crippen MR) is 59.7 cm³/mol. The first-order valence-corrected chi connectivity index (χ1v) is 5.79. The van der Waals surface area contributed by atoms with E-state index < -0.39 is 0 Å². The molecular formula is C11H22N2O2. The van der Waals surface area contributed by atoms with Crippen LogP contribution in [0.2, 0.25) is 0 Å². The monoisotopic (exact) mass is 214 g/mol. The zero-order valence-corrected chi connectivity index (χ0v) is 9.55. The number of amides is 1. The van der Waals surface area contributed by atoms with Gasteiger partial charge in [-0.25, -0.2) is 0 Å². The highest BCUT2D eigenvalue weighted by molar-refractivity contribution is 5.75. The van der Waals surface area contributed by atoms with Crippen molar-refractivity contribution in [2.75, 3.05) is 33.4 Å². The van der Waals surface area contributed by atoms with Gasteiger partial charge < -0.3 is 15.4 Å². The zero-order valence-electron chi connectivity index (χ0n) is 9.55. The number of methoxy groups -OCH3 is 1. The number of nitrogens with one attached hydrogen (secondary N) is 2. The van der Waals surface area contributed by atoms with Crippen molar-refractivity contribution in [1.82, 2.24) is 10.6 Å². The van der Waals surface area contributed by atoms with Crippen LogP contribution in [0.3, 0.4) is 0 Å². The molecule has 0 spiro atoms. The molecule has 0 radical (unpaired) electrons. The van der Waals surface area contributed by atoms with Gasteiger partial charge in [-0.05, 0) is 38.3 Å². The topological polar surface area (TPSA) is 50.4 Å². The van der Waals surface area contributed by atoms with Crippen molar-refractivity contribution < 1.29 is 9.53 Å². The second kappa shape index (κ2) is 7.65. The molecule has 1 heterocycles. The Bertz CT molecular complexity index is 179. The number of rotatable bonds is 6. The van der Waals surface area contributed by atoms with Crippen molar-refractivity contribution in [2.45, 2.75) is 25.7 Å². The van der Waals surface area contributed by atoms with Gasteiger partial charge in [0.15, 0.2) is 0 Å². The summed E-state index contributed by atoms with van der Waals surface area (Å²) in [5.41, 5.74) is 0. The zero-order chi connectivity index (χ0) is 10.9. The fourth-order valence-electron chi connectivity index (χ4n) is 1.87. The van der Waals surface area contributed by atoms with E-state index in [4.69, 9.17) is 4.74 Å². The van der Waals surface area contributed by atoms with Gasteiger partial charge in [0.05, 0.1) is 6.61 Å². The van der Waals surface area contributed by atoms with E-state index in [2.05, 4.69) is 10.6 Å². The minimum absolute atomic E-state index is 0.0978. The molecule has 0 aliphatic carbocycles. The Kier molecular flexibility index (Phi) is 6.36. The van der Waals surface area contributed by atoms with E-state index in [-0.39, 0.29) is 5.91 Å². The Morgan fingerprint density at radius 1 is 1.60 bits per heavy atom. The van der Waals surface area contributed by atoms with Gasteiger partial charge in [0.1, 0.15) is 0 Å². The summed E-state index contributed by atoms with van der Waals surface area (Å²) in [7, 11) is 1.61. The fraction of sp³-hybridized carbons (Fsp3) is 0.909. The standard InChI is InChI=1S/C11H22N2O2/c1-15-8-5-11(14)13-7-4-10-3-2-6-12-9-10/h10,12H,2-9H2,1H3,(H,13,14). The van der Waals surface area contributed by atoms with Crippen molar-refractivity contribution >= 4 is 5.91 Å². The molecule has 0 aromatic heterocycles. The minimum atomic E-state index is 0.0978. The summed E-state index contributed by atoms with van der Waals surface area (Å²) in [5.74, 6) is 0.835. The third kappa shape index (κ3) is 5.74. The van der Waals surface area contributed by atoms with Crippen LogP contribution in [0.1, 0.15) is 25.7 Å². The molecule has 1 saturated heterocycles. The Hall–Kier alpha value is -0.610. The highest BCUT2D eigenvalue weighted by Gasteiger charge is 2.12. The molecule has 0 aromatic rings. The van der Waals surface area contributed by atoms with Crippen LogP contribution in [-0.2, 0) is 9.53 Å². The van der Waals surface area contributed by atoms with Crippen LogP contribution in [0.15, 0.2) is 0 Å². The third-order valence-corrected chi connectivity index (χ3v) is 2.81. The first-order chi connectivity index (χ1) is 7.33. The van der Waals surface area contributed by atoms with Gasteiger partial charge in [0.25, 0.3) is 0 Å². The number of piperidine rings is 1. The number of hydrogen-bond donors (Lipinski definition) is 2. The molecule has 0 aromatic carbocycles. The van der Waals surface area contributed by atoms with Crippen molar-refractivity contribution in [1.29, 1.82) is 0 Å². The highest BCUT2D eigenvalue weighted by Crippen LogP contribution is 2.12. The second-order valence-electron chi connectivity index (χ2n) is 4.09. The predicted octanol–water partition coefficient (Wildman–Crippen LogP) is 0.529. The van der Waals surface area contributed by atoms with Crippen LogP contribution in [0, 0.1) is 5.92 Å². The Labute approximate surface area is 91.8 Å². The molecule has 1 unspecified atom stereocenters. The van der Waals surface area contributed by atoms with E-state index in [0.717, 1.165) is 32.0 Å². The first kappa shape index (κ1) is 12.5. The summed E-state index contributed by atoms with van der Waals surface area (Å²) in [6.45, 7) is 3.57. The molecule has 1 atom stereocenters. The van der Waals surface area contributed by atoms with Gasteiger partial charge in [0, 0.05) is 20.1 Å². The van der Waals surface area contributed by atoms with Gasteiger partial charge >= 0.3 is 0 Å².